The predicted octanol–water partition coefficient (Wildman–Crippen LogP) is 1.65. The van der Waals surface area contributed by atoms with Crippen molar-refractivity contribution in [2.75, 3.05) is 7.05 Å². The maximum atomic E-state index is 3.78. The van der Waals surface area contributed by atoms with Gasteiger partial charge in [-0.25, -0.2) is 0 Å². The van der Waals surface area contributed by atoms with Crippen LogP contribution in [-0.2, 0) is 0 Å². The molecule has 0 aromatic carbocycles. The van der Waals surface area contributed by atoms with E-state index in [1.165, 1.54) is 0 Å². The fraction of sp³-hybridized carbons (Fsp3) is 0.500. The van der Waals surface area contributed by atoms with Crippen LogP contribution in [0.15, 0.2) is 17.1 Å². The largest absolute Gasteiger partial charge is 0.296 e. The van der Waals surface area contributed by atoms with Crippen molar-refractivity contribution < 1.29 is 0 Å². The van der Waals surface area contributed by atoms with E-state index in [2.05, 4.69) is 18.5 Å². The molecule has 0 spiro atoms. The highest BCUT2D eigenvalue weighted by molar-refractivity contribution is 5.77. The molecular weight excluding hydrogens is 86.1 g/mol. The summed E-state index contributed by atoms with van der Waals surface area (Å²) in [7, 11) is 1.75. The Kier molecular flexibility index (Phi) is 3.29. The molecule has 0 radical (unpaired) electrons. The molecule has 7 heavy (non-hydrogen) atoms. The molecule has 0 aliphatic carbocycles. The molecule has 0 aliphatic rings. The van der Waals surface area contributed by atoms with Crippen molar-refractivity contribution in [3.8, 4) is 0 Å². The van der Waals surface area contributed by atoms with Gasteiger partial charge in [-0.3, -0.25) is 4.99 Å². The van der Waals surface area contributed by atoms with E-state index in [9.17, 15) is 0 Å². The molecule has 0 amide bonds. The maximum Gasteiger partial charge on any atom is 0.0277 e. The molecule has 0 N–H and O–H groups in total. The van der Waals surface area contributed by atoms with Gasteiger partial charge in [-0.1, -0.05) is 13.5 Å². The van der Waals surface area contributed by atoms with Gasteiger partial charge >= 0.3 is 0 Å². The monoisotopic (exact) mass is 97.1 g/mol. The van der Waals surface area contributed by atoms with Crippen LogP contribution in [0.25, 0.3) is 0 Å². The molecular formula is C6H11N. The minimum atomic E-state index is 0.997. The summed E-state index contributed by atoms with van der Waals surface area (Å²) in [5.74, 6) is 0. The van der Waals surface area contributed by atoms with Crippen molar-refractivity contribution in [1.29, 1.82) is 0 Å². The van der Waals surface area contributed by atoms with E-state index in [0.717, 1.165) is 12.0 Å². The highest BCUT2D eigenvalue weighted by Crippen LogP contribution is 1.88. The summed E-state index contributed by atoms with van der Waals surface area (Å²) in [6, 6.07) is 0. The van der Waals surface area contributed by atoms with E-state index < -0.39 is 0 Å². The second-order valence-corrected chi connectivity index (χ2v) is 1.40. The van der Waals surface area contributed by atoms with E-state index in [-0.39, 0.29) is 0 Å². The summed E-state index contributed by atoms with van der Waals surface area (Å²) in [5, 5.41) is 0. The van der Waals surface area contributed by atoms with E-state index >= 15 is 0 Å². The Balaban J connectivity index is 3.37. The first-order valence-electron chi connectivity index (χ1n) is 2.41. The maximum absolute atomic E-state index is 3.78. The first-order valence-corrected chi connectivity index (χ1v) is 2.41. The fourth-order valence-electron chi connectivity index (χ4n) is 0.274. The summed E-state index contributed by atoms with van der Waals surface area (Å²) in [6.45, 7) is 5.77. The van der Waals surface area contributed by atoms with Crippen LogP contribution in [0.5, 0.6) is 0 Å². The molecule has 1 nitrogen and oxygen atoms in total. The van der Waals surface area contributed by atoms with Crippen molar-refractivity contribution in [3.05, 3.63) is 12.2 Å². The van der Waals surface area contributed by atoms with Gasteiger partial charge in [-0.05, 0) is 12.0 Å². The third-order valence-electron chi connectivity index (χ3n) is 0.766. The van der Waals surface area contributed by atoms with E-state index in [4.69, 9.17) is 0 Å². The molecule has 0 fully saturated rings. The number of aliphatic imine (C=N–C) groups is 1. The highest BCUT2D eigenvalue weighted by Gasteiger charge is 1.76. The third kappa shape index (κ3) is 3.23. The molecule has 0 atom stereocenters. The van der Waals surface area contributed by atoms with Crippen LogP contribution in [0.1, 0.15) is 13.3 Å². The van der Waals surface area contributed by atoms with Crippen molar-refractivity contribution >= 4 is 6.21 Å². The Hall–Kier alpha value is -0.590. The molecule has 0 bridgehead atoms. The summed E-state index contributed by atoms with van der Waals surface area (Å²) >= 11 is 0. The zero-order valence-corrected chi connectivity index (χ0v) is 4.94. The minimum absolute atomic E-state index is 0.997. The first-order chi connectivity index (χ1) is 3.31. The van der Waals surface area contributed by atoms with Crippen molar-refractivity contribution in [2.24, 2.45) is 4.99 Å². The topological polar surface area (TPSA) is 12.4 Å². The van der Waals surface area contributed by atoms with Crippen LogP contribution >= 0.6 is 0 Å². The Morgan fingerprint density at radius 2 is 2.43 bits per heavy atom. The van der Waals surface area contributed by atoms with Crippen molar-refractivity contribution in [1.82, 2.24) is 0 Å². The second-order valence-electron chi connectivity index (χ2n) is 1.40. The lowest BCUT2D eigenvalue weighted by molar-refractivity contribution is 1.18. The average Bonchev–Trinajstić information content (AvgIpc) is 1.68. The van der Waals surface area contributed by atoms with Gasteiger partial charge in [0.15, 0.2) is 0 Å². The minimum Gasteiger partial charge on any atom is -0.296 e. The van der Waals surface area contributed by atoms with Crippen LogP contribution in [0.4, 0.5) is 0 Å². The quantitative estimate of drug-likeness (QED) is 0.464. The van der Waals surface area contributed by atoms with Gasteiger partial charge in [0.1, 0.15) is 0 Å². The highest BCUT2D eigenvalue weighted by atomic mass is 14.6. The summed E-state index contributed by atoms with van der Waals surface area (Å²) in [6.07, 6.45) is 2.78. The standard InChI is InChI=1S/C6H11N/c1-4-6(2)5-7-3/h5H,2,4H2,1,3H3. The van der Waals surface area contributed by atoms with E-state index in [1.807, 2.05) is 0 Å². The molecule has 0 rings (SSSR count). The first kappa shape index (κ1) is 6.41. The molecule has 0 unspecified atom stereocenters. The smallest absolute Gasteiger partial charge is 0.0277 e. The normalized spacial score (nSPS) is 10.0. The average molecular weight is 97.2 g/mol. The van der Waals surface area contributed by atoms with Gasteiger partial charge in [-0.15, -0.1) is 0 Å². The third-order valence-corrected chi connectivity index (χ3v) is 0.766. The Labute approximate surface area is 44.8 Å². The lowest BCUT2D eigenvalue weighted by atomic mass is 10.3. The predicted molar refractivity (Wildman–Crippen MR) is 33.8 cm³/mol. The van der Waals surface area contributed by atoms with Gasteiger partial charge in [0.25, 0.3) is 0 Å². The van der Waals surface area contributed by atoms with Crippen LogP contribution in [0.2, 0.25) is 0 Å². The van der Waals surface area contributed by atoms with Crippen LogP contribution in [0, 0.1) is 0 Å². The van der Waals surface area contributed by atoms with Gasteiger partial charge in [0.2, 0.25) is 0 Å². The summed E-state index contributed by atoms with van der Waals surface area (Å²) in [5.41, 5.74) is 1.09. The lowest BCUT2D eigenvalue weighted by Gasteiger charge is -1.84. The van der Waals surface area contributed by atoms with Gasteiger partial charge in [0, 0.05) is 13.3 Å². The SMILES string of the molecule is C=C(C=NC)CC. The van der Waals surface area contributed by atoms with Gasteiger partial charge < -0.3 is 0 Å². The molecule has 0 saturated carbocycles. The van der Waals surface area contributed by atoms with Crippen molar-refractivity contribution in [3.63, 3.8) is 0 Å². The molecule has 0 aromatic rings. The lowest BCUT2D eigenvalue weighted by Crippen LogP contribution is -1.75. The number of nitrogens with zero attached hydrogens (tertiary/aromatic N) is 1. The molecule has 0 aliphatic heterocycles. The summed E-state index contributed by atoms with van der Waals surface area (Å²) < 4.78 is 0. The zero-order valence-electron chi connectivity index (χ0n) is 4.94. The Bertz CT molecular complexity index is 82.2. The van der Waals surface area contributed by atoms with Gasteiger partial charge in [0.05, 0.1) is 0 Å². The number of rotatable bonds is 2. The molecule has 40 valence electrons. The molecule has 0 saturated heterocycles. The van der Waals surface area contributed by atoms with Crippen LogP contribution < -0.4 is 0 Å². The van der Waals surface area contributed by atoms with E-state index in [1.54, 1.807) is 13.3 Å². The van der Waals surface area contributed by atoms with Gasteiger partial charge in [-0.2, -0.15) is 0 Å². The zero-order chi connectivity index (χ0) is 5.70. The summed E-state index contributed by atoms with van der Waals surface area (Å²) in [4.78, 5) is 3.78. The fourth-order valence-corrected chi connectivity index (χ4v) is 0.274. The number of hydrogen-bond acceptors (Lipinski definition) is 1. The van der Waals surface area contributed by atoms with Crippen molar-refractivity contribution in [2.45, 2.75) is 13.3 Å². The van der Waals surface area contributed by atoms with Crippen LogP contribution in [0.3, 0.4) is 0 Å². The molecule has 0 aromatic heterocycles. The van der Waals surface area contributed by atoms with E-state index in [0.29, 0.717) is 0 Å². The Morgan fingerprint density at radius 1 is 1.86 bits per heavy atom. The molecule has 0 heterocycles. The number of allylic oxidation sites excluding steroid dienone is 1. The van der Waals surface area contributed by atoms with Crippen LogP contribution in [-0.4, -0.2) is 13.3 Å². The Morgan fingerprint density at radius 3 is 2.57 bits per heavy atom. The second kappa shape index (κ2) is 3.59. The number of hydrogen-bond donors (Lipinski definition) is 0. The molecule has 1 heteroatoms.